The van der Waals surface area contributed by atoms with Crippen LogP contribution in [0.4, 0.5) is 5.69 Å². The van der Waals surface area contributed by atoms with Crippen molar-refractivity contribution in [1.29, 1.82) is 0 Å². The minimum absolute atomic E-state index is 0.0563. The second kappa shape index (κ2) is 7.38. The van der Waals surface area contributed by atoms with Gasteiger partial charge in [-0.05, 0) is 31.2 Å². The maximum Gasteiger partial charge on any atom is 0.239 e. The summed E-state index contributed by atoms with van der Waals surface area (Å²) in [5, 5.41) is 2.84. The summed E-state index contributed by atoms with van der Waals surface area (Å²) in [7, 11) is 1.63. The molecule has 0 radical (unpaired) electrons. The van der Waals surface area contributed by atoms with Crippen molar-refractivity contribution in [1.82, 2.24) is 5.32 Å². The number of amides is 1. The molecular weight excluding hydrogens is 268 g/mol. The number of hydrogen-bond acceptors (Lipinski definition) is 4. The summed E-state index contributed by atoms with van der Waals surface area (Å²) in [5.41, 5.74) is 0.913. The predicted octanol–water partition coefficient (Wildman–Crippen LogP) is 2.43. The highest BCUT2D eigenvalue weighted by atomic mass is 16.5. The second-order valence-electron chi connectivity index (χ2n) is 4.54. The molecule has 5 nitrogen and oxygen atoms in total. The highest BCUT2D eigenvalue weighted by molar-refractivity contribution is 5.82. The van der Waals surface area contributed by atoms with Gasteiger partial charge >= 0.3 is 0 Å². The van der Waals surface area contributed by atoms with Gasteiger partial charge in [-0.2, -0.15) is 0 Å². The van der Waals surface area contributed by atoms with Crippen molar-refractivity contribution < 1.29 is 13.9 Å². The van der Waals surface area contributed by atoms with Gasteiger partial charge in [0, 0.05) is 6.54 Å². The summed E-state index contributed by atoms with van der Waals surface area (Å²) in [5.74, 6) is 1.45. The van der Waals surface area contributed by atoms with E-state index in [9.17, 15) is 4.79 Å². The van der Waals surface area contributed by atoms with Gasteiger partial charge in [0.2, 0.25) is 5.91 Å². The first kappa shape index (κ1) is 15.0. The first-order chi connectivity index (χ1) is 10.2. The summed E-state index contributed by atoms with van der Waals surface area (Å²) in [6, 6.07) is 11.3. The molecule has 1 N–H and O–H groups in total. The number of nitrogens with one attached hydrogen (secondary N) is 1. The fraction of sp³-hybridized carbons (Fsp3) is 0.312. The van der Waals surface area contributed by atoms with Crippen LogP contribution >= 0.6 is 0 Å². The number of likely N-dealkylation sites (N-methyl/N-ethyl adjacent to an activating group) is 1. The van der Waals surface area contributed by atoms with Crippen LogP contribution in [0.25, 0.3) is 0 Å². The van der Waals surface area contributed by atoms with Crippen LogP contribution in [0.5, 0.6) is 5.75 Å². The highest BCUT2D eigenvalue weighted by Crippen LogP contribution is 2.27. The van der Waals surface area contributed by atoms with E-state index >= 15 is 0 Å². The molecular formula is C16H20N2O3. The summed E-state index contributed by atoms with van der Waals surface area (Å²) in [6.07, 6.45) is 1.59. The molecule has 0 aliphatic carbocycles. The molecule has 21 heavy (non-hydrogen) atoms. The van der Waals surface area contributed by atoms with Gasteiger partial charge in [0.15, 0.2) is 0 Å². The molecule has 1 aromatic heterocycles. The Hall–Kier alpha value is -2.43. The number of rotatable bonds is 7. The van der Waals surface area contributed by atoms with Crippen molar-refractivity contribution in [3.63, 3.8) is 0 Å². The molecule has 2 aromatic rings. The normalized spacial score (nSPS) is 10.2. The van der Waals surface area contributed by atoms with Crippen LogP contribution in [0.15, 0.2) is 47.1 Å². The third-order valence-corrected chi connectivity index (χ3v) is 3.18. The Morgan fingerprint density at radius 2 is 2.10 bits per heavy atom. The zero-order valence-corrected chi connectivity index (χ0v) is 12.3. The van der Waals surface area contributed by atoms with Crippen molar-refractivity contribution in [3.8, 4) is 5.75 Å². The maximum atomic E-state index is 12.0. The molecule has 0 saturated heterocycles. The number of ether oxygens (including phenoxy) is 1. The van der Waals surface area contributed by atoms with Crippen molar-refractivity contribution >= 4 is 11.6 Å². The standard InChI is InChI=1S/C16H20N2O3/c1-3-18(14-8-4-5-9-15(14)20-2)12-16(19)17-11-13-7-6-10-21-13/h4-10H,3,11-12H2,1-2H3,(H,17,19). The van der Waals surface area contributed by atoms with E-state index in [1.807, 2.05) is 42.2 Å². The number of carbonyl (C=O) groups excluding carboxylic acids is 1. The summed E-state index contributed by atoms with van der Waals surface area (Å²) < 4.78 is 10.5. The Kier molecular flexibility index (Phi) is 5.26. The fourth-order valence-electron chi connectivity index (χ4n) is 2.09. The lowest BCUT2D eigenvalue weighted by atomic mass is 10.2. The average Bonchev–Trinajstić information content (AvgIpc) is 3.04. The van der Waals surface area contributed by atoms with Gasteiger partial charge in [-0.15, -0.1) is 0 Å². The molecule has 0 atom stereocenters. The van der Waals surface area contributed by atoms with Crippen LogP contribution in [-0.4, -0.2) is 26.1 Å². The number of furan rings is 1. The minimum atomic E-state index is -0.0563. The van der Waals surface area contributed by atoms with Crippen LogP contribution < -0.4 is 15.0 Å². The third-order valence-electron chi connectivity index (χ3n) is 3.18. The Labute approximate surface area is 124 Å². The van der Waals surface area contributed by atoms with E-state index in [0.29, 0.717) is 13.1 Å². The van der Waals surface area contributed by atoms with Crippen LogP contribution in [0.3, 0.4) is 0 Å². The second-order valence-corrected chi connectivity index (χ2v) is 4.54. The van der Waals surface area contributed by atoms with Crippen molar-refractivity contribution in [3.05, 3.63) is 48.4 Å². The third kappa shape index (κ3) is 4.02. The van der Waals surface area contributed by atoms with Crippen molar-refractivity contribution in [2.45, 2.75) is 13.5 Å². The Balaban J connectivity index is 1.96. The highest BCUT2D eigenvalue weighted by Gasteiger charge is 2.13. The van der Waals surface area contributed by atoms with E-state index in [1.54, 1.807) is 19.4 Å². The lowest BCUT2D eigenvalue weighted by Crippen LogP contribution is -2.37. The fourth-order valence-corrected chi connectivity index (χ4v) is 2.09. The first-order valence-corrected chi connectivity index (χ1v) is 6.91. The van der Waals surface area contributed by atoms with Crippen molar-refractivity contribution in [2.75, 3.05) is 25.1 Å². The topological polar surface area (TPSA) is 54.7 Å². The largest absolute Gasteiger partial charge is 0.495 e. The number of para-hydroxylation sites is 2. The van der Waals surface area contributed by atoms with E-state index < -0.39 is 0 Å². The Morgan fingerprint density at radius 1 is 1.29 bits per heavy atom. The van der Waals surface area contributed by atoms with Gasteiger partial charge in [0.25, 0.3) is 0 Å². The van der Waals surface area contributed by atoms with E-state index in [2.05, 4.69) is 5.32 Å². The lowest BCUT2D eigenvalue weighted by Gasteiger charge is -2.24. The summed E-state index contributed by atoms with van der Waals surface area (Å²) in [6.45, 7) is 3.40. The van der Waals surface area contributed by atoms with Gasteiger partial charge < -0.3 is 19.4 Å². The molecule has 1 amide bonds. The molecule has 0 saturated carbocycles. The minimum Gasteiger partial charge on any atom is -0.495 e. The van der Waals surface area contributed by atoms with Gasteiger partial charge in [-0.25, -0.2) is 0 Å². The van der Waals surface area contributed by atoms with E-state index in [4.69, 9.17) is 9.15 Å². The SMILES string of the molecule is CCN(CC(=O)NCc1ccco1)c1ccccc1OC. The van der Waals surface area contributed by atoms with Crippen LogP contribution in [0.1, 0.15) is 12.7 Å². The molecule has 0 aliphatic heterocycles. The number of hydrogen-bond donors (Lipinski definition) is 1. The Morgan fingerprint density at radius 3 is 2.76 bits per heavy atom. The van der Waals surface area contributed by atoms with E-state index in [-0.39, 0.29) is 12.5 Å². The maximum absolute atomic E-state index is 12.0. The van der Waals surface area contributed by atoms with Gasteiger partial charge in [0.1, 0.15) is 11.5 Å². The molecule has 0 unspecified atom stereocenters. The molecule has 0 fully saturated rings. The smallest absolute Gasteiger partial charge is 0.239 e. The van der Waals surface area contributed by atoms with Crippen LogP contribution in [0, 0.1) is 0 Å². The quantitative estimate of drug-likeness (QED) is 0.850. The number of methoxy groups -OCH3 is 1. The number of carbonyl (C=O) groups is 1. The molecule has 0 bridgehead atoms. The molecule has 0 spiro atoms. The molecule has 1 heterocycles. The zero-order valence-electron chi connectivity index (χ0n) is 12.3. The number of nitrogens with zero attached hydrogens (tertiary/aromatic N) is 1. The Bertz CT molecular complexity index is 567. The van der Waals surface area contributed by atoms with E-state index in [0.717, 1.165) is 17.2 Å². The molecule has 5 heteroatoms. The summed E-state index contributed by atoms with van der Waals surface area (Å²) >= 11 is 0. The molecule has 0 aliphatic rings. The van der Waals surface area contributed by atoms with Gasteiger partial charge in [-0.3, -0.25) is 4.79 Å². The van der Waals surface area contributed by atoms with Crippen molar-refractivity contribution in [2.24, 2.45) is 0 Å². The lowest BCUT2D eigenvalue weighted by molar-refractivity contribution is -0.120. The summed E-state index contributed by atoms with van der Waals surface area (Å²) in [4.78, 5) is 14.0. The first-order valence-electron chi connectivity index (χ1n) is 6.91. The number of anilines is 1. The van der Waals surface area contributed by atoms with E-state index in [1.165, 1.54) is 0 Å². The predicted molar refractivity (Wildman–Crippen MR) is 81.4 cm³/mol. The zero-order chi connectivity index (χ0) is 15.1. The van der Waals surface area contributed by atoms with Crippen LogP contribution in [0.2, 0.25) is 0 Å². The molecule has 2 rings (SSSR count). The van der Waals surface area contributed by atoms with Crippen LogP contribution in [-0.2, 0) is 11.3 Å². The molecule has 112 valence electrons. The average molecular weight is 288 g/mol. The molecule has 1 aromatic carbocycles. The van der Waals surface area contributed by atoms with Gasteiger partial charge in [0.05, 0.1) is 32.1 Å². The monoisotopic (exact) mass is 288 g/mol. The van der Waals surface area contributed by atoms with Gasteiger partial charge in [-0.1, -0.05) is 12.1 Å². The number of benzene rings is 1.